The molecule has 1 amide bonds. The number of fused-ring (bicyclic) bond motifs is 2. The van der Waals surface area contributed by atoms with Crippen molar-refractivity contribution in [3.8, 4) is 17.6 Å². The van der Waals surface area contributed by atoms with E-state index in [2.05, 4.69) is 11.4 Å². The monoisotopic (exact) mass is 465 g/mol. The van der Waals surface area contributed by atoms with Gasteiger partial charge in [-0.3, -0.25) is 9.69 Å². The number of nitriles is 1. The zero-order valence-electron chi connectivity index (χ0n) is 19.3. The molecule has 0 aliphatic carbocycles. The number of amidine groups is 1. The molecule has 1 spiro atoms. The van der Waals surface area contributed by atoms with Crippen LogP contribution in [-0.4, -0.2) is 26.0 Å². The van der Waals surface area contributed by atoms with Gasteiger partial charge in [-0.05, 0) is 60.2 Å². The first-order valence-corrected chi connectivity index (χ1v) is 11.0. The molecule has 0 radical (unpaired) electrons. The highest BCUT2D eigenvalue weighted by atomic mass is 16.5. The Morgan fingerprint density at radius 3 is 2.26 bits per heavy atom. The van der Waals surface area contributed by atoms with E-state index >= 15 is 0 Å². The first kappa shape index (κ1) is 22.0. The average molecular weight is 466 g/mol. The molecule has 0 fully saturated rings. The standard InChI is InChI=1S/C27H23N5O3/c1-34-19-11-7-17(8-12-19)30-24-15-27(21-5-3-4-6-23(21)31-26(27)33)22(16-28)25(29)32(24)18-9-13-20(35-2)14-10-18/h3-14H,15,29H2,1-2H3,(H,31,33). The van der Waals surface area contributed by atoms with Gasteiger partial charge < -0.3 is 20.5 Å². The minimum absolute atomic E-state index is 0.150. The zero-order chi connectivity index (χ0) is 24.6. The van der Waals surface area contributed by atoms with Crippen LogP contribution in [0.15, 0.2) is 89.2 Å². The lowest BCUT2D eigenvalue weighted by atomic mass is 9.70. The predicted octanol–water partition coefficient (Wildman–Crippen LogP) is 4.23. The van der Waals surface area contributed by atoms with Crippen LogP contribution >= 0.6 is 0 Å². The number of aliphatic imine (C=N–C) groups is 1. The molecule has 2 aliphatic rings. The van der Waals surface area contributed by atoms with Gasteiger partial charge in [-0.1, -0.05) is 18.2 Å². The van der Waals surface area contributed by atoms with Crippen molar-refractivity contribution in [1.82, 2.24) is 0 Å². The molecule has 2 heterocycles. The van der Waals surface area contributed by atoms with Crippen LogP contribution in [0.3, 0.4) is 0 Å². The lowest BCUT2D eigenvalue weighted by molar-refractivity contribution is -0.119. The molecule has 1 unspecified atom stereocenters. The third kappa shape index (κ3) is 3.45. The van der Waals surface area contributed by atoms with Gasteiger partial charge in [-0.25, -0.2) is 4.99 Å². The molecular formula is C27H23N5O3. The fourth-order valence-electron chi connectivity index (χ4n) is 4.68. The van der Waals surface area contributed by atoms with Gasteiger partial charge in [0, 0.05) is 17.8 Å². The van der Waals surface area contributed by atoms with Gasteiger partial charge in [-0.15, -0.1) is 0 Å². The number of carbonyl (C=O) groups excluding carboxylic acids is 1. The normalized spacial score (nSPS) is 20.0. The van der Waals surface area contributed by atoms with Crippen molar-refractivity contribution in [2.75, 3.05) is 24.4 Å². The number of methoxy groups -OCH3 is 2. The van der Waals surface area contributed by atoms with E-state index in [1.54, 1.807) is 19.1 Å². The van der Waals surface area contributed by atoms with Crippen LogP contribution in [0.5, 0.6) is 11.5 Å². The lowest BCUT2D eigenvalue weighted by Crippen LogP contribution is -2.51. The van der Waals surface area contributed by atoms with Gasteiger partial charge in [0.05, 0.1) is 25.5 Å². The molecule has 3 N–H and O–H groups in total. The molecule has 3 aromatic rings. The molecule has 0 bridgehead atoms. The molecule has 5 rings (SSSR count). The second kappa shape index (κ2) is 8.54. The second-order valence-corrected chi connectivity index (χ2v) is 8.21. The van der Waals surface area contributed by atoms with E-state index in [1.165, 1.54) is 0 Å². The molecule has 3 aromatic carbocycles. The smallest absolute Gasteiger partial charge is 0.240 e. The number of benzene rings is 3. The second-order valence-electron chi connectivity index (χ2n) is 8.21. The Balaban J connectivity index is 1.74. The van der Waals surface area contributed by atoms with Crippen molar-refractivity contribution < 1.29 is 14.3 Å². The summed E-state index contributed by atoms with van der Waals surface area (Å²) in [5.41, 5.74) is 8.32. The molecule has 2 aliphatic heterocycles. The quantitative estimate of drug-likeness (QED) is 0.596. The molecular weight excluding hydrogens is 442 g/mol. The summed E-state index contributed by atoms with van der Waals surface area (Å²) in [6, 6.07) is 24.2. The summed E-state index contributed by atoms with van der Waals surface area (Å²) in [4.78, 5) is 20.1. The lowest BCUT2D eigenvalue weighted by Gasteiger charge is -2.39. The summed E-state index contributed by atoms with van der Waals surface area (Å²) in [7, 11) is 3.19. The molecule has 8 nitrogen and oxygen atoms in total. The van der Waals surface area contributed by atoms with E-state index in [4.69, 9.17) is 20.2 Å². The number of hydrogen-bond acceptors (Lipinski definition) is 6. The maximum atomic E-state index is 13.5. The van der Waals surface area contributed by atoms with Crippen molar-refractivity contribution in [3.05, 3.63) is 89.8 Å². The number of nitrogens with zero attached hydrogens (tertiary/aromatic N) is 3. The maximum absolute atomic E-state index is 13.5. The van der Waals surface area contributed by atoms with Crippen LogP contribution in [0.2, 0.25) is 0 Å². The Bertz CT molecular complexity index is 1400. The number of anilines is 2. The average Bonchev–Trinajstić information content (AvgIpc) is 3.16. The van der Waals surface area contributed by atoms with Gasteiger partial charge >= 0.3 is 0 Å². The SMILES string of the molecule is COc1ccc(N=C2CC3(C(=O)Nc4ccccc43)C(C#N)=C(N)N2c2ccc(OC)cc2)cc1. The van der Waals surface area contributed by atoms with Gasteiger partial charge in [0.25, 0.3) is 0 Å². The highest BCUT2D eigenvalue weighted by molar-refractivity contribution is 6.16. The minimum atomic E-state index is -1.27. The van der Waals surface area contributed by atoms with Crippen LogP contribution < -0.4 is 25.4 Å². The van der Waals surface area contributed by atoms with Gasteiger partial charge in [0.1, 0.15) is 34.6 Å². The molecule has 174 valence electrons. The third-order valence-electron chi connectivity index (χ3n) is 6.40. The minimum Gasteiger partial charge on any atom is -0.497 e. The topological polar surface area (TPSA) is 113 Å². The fourth-order valence-corrected chi connectivity index (χ4v) is 4.68. The number of ether oxygens (including phenoxy) is 2. The molecule has 0 saturated carbocycles. The van der Waals surface area contributed by atoms with Gasteiger partial charge in [-0.2, -0.15) is 5.26 Å². The first-order chi connectivity index (χ1) is 17.0. The number of nitrogens with two attached hydrogens (primary N) is 1. The Hall–Kier alpha value is -4.77. The third-order valence-corrected chi connectivity index (χ3v) is 6.40. The Morgan fingerprint density at radius 2 is 1.63 bits per heavy atom. The van der Waals surface area contributed by atoms with Gasteiger partial charge in [0.2, 0.25) is 5.91 Å². The fraction of sp³-hybridized carbons (Fsp3) is 0.148. The maximum Gasteiger partial charge on any atom is 0.240 e. The van der Waals surface area contributed by atoms with E-state index in [-0.39, 0.29) is 23.7 Å². The summed E-state index contributed by atoms with van der Waals surface area (Å²) in [5.74, 6) is 1.78. The zero-order valence-corrected chi connectivity index (χ0v) is 19.3. The number of amides is 1. The van der Waals surface area contributed by atoms with Crippen LogP contribution in [0.25, 0.3) is 0 Å². The van der Waals surface area contributed by atoms with E-state index < -0.39 is 5.41 Å². The van der Waals surface area contributed by atoms with Crippen LogP contribution in [0, 0.1) is 11.3 Å². The summed E-state index contributed by atoms with van der Waals surface area (Å²) in [6.45, 7) is 0. The van der Waals surface area contributed by atoms with E-state index in [0.29, 0.717) is 40.0 Å². The molecule has 0 aromatic heterocycles. The van der Waals surface area contributed by atoms with E-state index in [9.17, 15) is 10.1 Å². The number of para-hydroxylation sites is 1. The summed E-state index contributed by atoms with van der Waals surface area (Å²) in [5, 5.41) is 13.2. The largest absolute Gasteiger partial charge is 0.497 e. The number of carbonyl (C=O) groups is 1. The highest BCUT2D eigenvalue weighted by Crippen LogP contribution is 2.49. The highest BCUT2D eigenvalue weighted by Gasteiger charge is 2.55. The Kier molecular flexibility index (Phi) is 5.38. The van der Waals surface area contributed by atoms with E-state index in [1.807, 2.05) is 72.8 Å². The number of hydrogen-bond donors (Lipinski definition) is 2. The molecule has 1 atom stereocenters. The summed E-state index contributed by atoms with van der Waals surface area (Å²) >= 11 is 0. The van der Waals surface area contributed by atoms with E-state index in [0.717, 1.165) is 0 Å². The molecule has 0 saturated heterocycles. The summed E-state index contributed by atoms with van der Waals surface area (Å²) in [6.07, 6.45) is 0.150. The van der Waals surface area contributed by atoms with Gasteiger partial charge in [0.15, 0.2) is 0 Å². The summed E-state index contributed by atoms with van der Waals surface area (Å²) < 4.78 is 10.5. The number of rotatable bonds is 4. The van der Waals surface area contributed by atoms with Crippen LogP contribution in [0.1, 0.15) is 12.0 Å². The van der Waals surface area contributed by atoms with Crippen molar-refractivity contribution in [2.45, 2.75) is 11.8 Å². The molecule has 8 heteroatoms. The molecule has 35 heavy (non-hydrogen) atoms. The van der Waals surface area contributed by atoms with Crippen molar-refractivity contribution >= 4 is 28.8 Å². The van der Waals surface area contributed by atoms with Crippen LogP contribution in [0.4, 0.5) is 17.1 Å². The van der Waals surface area contributed by atoms with Crippen molar-refractivity contribution in [3.63, 3.8) is 0 Å². The van der Waals surface area contributed by atoms with Crippen LogP contribution in [-0.2, 0) is 10.2 Å². The first-order valence-electron chi connectivity index (χ1n) is 11.0. The Labute approximate surface area is 202 Å². The van der Waals surface area contributed by atoms with Crippen molar-refractivity contribution in [1.29, 1.82) is 5.26 Å². The van der Waals surface area contributed by atoms with Crippen molar-refractivity contribution in [2.24, 2.45) is 10.7 Å². The predicted molar refractivity (Wildman–Crippen MR) is 134 cm³/mol. The Morgan fingerprint density at radius 1 is 1.00 bits per heavy atom. The number of nitrogens with one attached hydrogen (secondary N) is 1.